The van der Waals surface area contributed by atoms with Crippen molar-refractivity contribution in [1.29, 1.82) is 0 Å². The van der Waals surface area contributed by atoms with E-state index < -0.39 is 28.7 Å². The molecule has 3 fully saturated rings. The molecule has 3 unspecified atom stereocenters. The van der Waals surface area contributed by atoms with Crippen LogP contribution in [0.4, 0.5) is 5.69 Å². The van der Waals surface area contributed by atoms with Gasteiger partial charge in [-0.05, 0) is 37.3 Å². The lowest BCUT2D eigenvalue weighted by Gasteiger charge is -2.41. The van der Waals surface area contributed by atoms with Gasteiger partial charge in [0.1, 0.15) is 6.04 Å². The van der Waals surface area contributed by atoms with Crippen LogP contribution < -0.4 is 5.32 Å². The summed E-state index contributed by atoms with van der Waals surface area (Å²) in [4.78, 5) is 42.6. The molecule has 3 saturated heterocycles. The number of nitrogens with one attached hydrogen (secondary N) is 1. The van der Waals surface area contributed by atoms with Gasteiger partial charge in [0.15, 0.2) is 0 Å². The highest BCUT2D eigenvalue weighted by Crippen LogP contribution is 2.69. The van der Waals surface area contributed by atoms with E-state index in [1.807, 2.05) is 13.8 Å². The van der Waals surface area contributed by atoms with E-state index in [0.29, 0.717) is 10.7 Å². The van der Waals surface area contributed by atoms with Crippen LogP contribution in [0.15, 0.2) is 24.3 Å². The molecule has 7 nitrogen and oxygen atoms in total. The van der Waals surface area contributed by atoms with Crippen LogP contribution >= 0.6 is 23.4 Å². The molecule has 1 spiro atoms. The number of aliphatic hydroxyl groups excluding tert-OH is 1. The molecule has 3 heterocycles. The van der Waals surface area contributed by atoms with Gasteiger partial charge in [-0.25, -0.2) is 0 Å². The van der Waals surface area contributed by atoms with Crippen LogP contribution in [-0.4, -0.2) is 63.1 Å². The fourth-order valence-corrected chi connectivity index (χ4v) is 8.78. The Bertz CT molecular complexity index is 976. The maximum Gasteiger partial charge on any atom is 0.310 e. The second kappa shape index (κ2) is 9.70. The molecule has 8 atom stereocenters. The Balaban J connectivity index is 1.81. The Morgan fingerprint density at radius 1 is 1.35 bits per heavy atom. The average molecular weight is 509 g/mol. The number of esters is 1. The largest absolute Gasteiger partial charge is 0.466 e. The van der Waals surface area contributed by atoms with E-state index in [0.717, 1.165) is 12.8 Å². The molecule has 3 aliphatic rings. The van der Waals surface area contributed by atoms with Crippen LogP contribution in [0, 0.1) is 23.7 Å². The molecular weight excluding hydrogens is 476 g/mol. The van der Waals surface area contributed by atoms with Crippen molar-refractivity contribution in [2.24, 2.45) is 23.7 Å². The minimum absolute atomic E-state index is 0.0293. The summed E-state index contributed by atoms with van der Waals surface area (Å²) in [5.41, 5.74) is 0.470. The van der Waals surface area contributed by atoms with Crippen LogP contribution in [0.2, 0.25) is 5.02 Å². The third-order valence-corrected chi connectivity index (χ3v) is 10.4. The second-order valence-corrected chi connectivity index (χ2v) is 11.6. The summed E-state index contributed by atoms with van der Waals surface area (Å²) in [5, 5.41) is 13.6. The highest BCUT2D eigenvalue weighted by atomic mass is 35.5. The number of rotatable bonds is 8. The van der Waals surface area contributed by atoms with Crippen molar-refractivity contribution in [2.75, 3.05) is 18.5 Å². The van der Waals surface area contributed by atoms with Gasteiger partial charge in [-0.15, -0.1) is 11.8 Å². The van der Waals surface area contributed by atoms with Crippen molar-refractivity contribution in [1.82, 2.24) is 4.90 Å². The highest BCUT2D eigenvalue weighted by molar-refractivity contribution is 8.02. The Morgan fingerprint density at radius 2 is 2.06 bits per heavy atom. The zero-order valence-corrected chi connectivity index (χ0v) is 21.6. The number of amides is 2. The summed E-state index contributed by atoms with van der Waals surface area (Å²) >= 11 is 7.90. The molecule has 4 rings (SSSR count). The zero-order chi connectivity index (χ0) is 24.8. The molecular formula is C25H33ClN2O5S. The van der Waals surface area contributed by atoms with Crippen molar-refractivity contribution in [3.63, 3.8) is 0 Å². The Labute approximate surface area is 209 Å². The molecule has 2 bridgehead atoms. The van der Waals surface area contributed by atoms with E-state index in [9.17, 15) is 19.5 Å². The number of likely N-dealkylation sites (tertiary alicyclic amines) is 1. The minimum Gasteiger partial charge on any atom is -0.466 e. The van der Waals surface area contributed by atoms with E-state index in [2.05, 4.69) is 12.2 Å². The molecule has 1 aromatic carbocycles. The van der Waals surface area contributed by atoms with Crippen LogP contribution in [0.1, 0.15) is 40.5 Å². The number of anilines is 1. The Morgan fingerprint density at radius 3 is 2.68 bits per heavy atom. The van der Waals surface area contributed by atoms with Gasteiger partial charge in [-0.2, -0.15) is 0 Å². The number of carbonyl (C=O) groups excluding carboxylic acids is 3. The van der Waals surface area contributed by atoms with Crippen LogP contribution in [0.3, 0.4) is 0 Å². The molecule has 1 aromatic rings. The van der Waals surface area contributed by atoms with Gasteiger partial charge >= 0.3 is 5.97 Å². The van der Waals surface area contributed by atoms with Crippen molar-refractivity contribution in [3.8, 4) is 0 Å². The first kappa shape index (κ1) is 25.3. The molecule has 0 aromatic heterocycles. The first-order valence-corrected chi connectivity index (χ1v) is 13.3. The SMILES string of the molecule is CCOC(=O)[C@@H]1[C@H]2C(=O)N([C@@H](CO)[C@@H](C)CC)C(C(=O)Nc3ccccc3Cl)C23S[C@@H]1CC3C. The summed E-state index contributed by atoms with van der Waals surface area (Å²) in [6.07, 6.45) is 1.47. The van der Waals surface area contributed by atoms with Crippen molar-refractivity contribution in [2.45, 2.75) is 62.6 Å². The van der Waals surface area contributed by atoms with E-state index >= 15 is 0 Å². The summed E-state index contributed by atoms with van der Waals surface area (Å²) in [6, 6.07) is 5.61. The van der Waals surface area contributed by atoms with Gasteiger partial charge in [0.25, 0.3) is 0 Å². The third-order valence-electron chi connectivity index (χ3n) is 7.97. The van der Waals surface area contributed by atoms with E-state index in [-0.39, 0.29) is 48.1 Å². The fourth-order valence-electron chi connectivity index (χ4n) is 6.20. The third kappa shape index (κ3) is 3.73. The van der Waals surface area contributed by atoms with E-state index in [4.69, 9.17) is 16.3 Å². The molecule has 186 valence electrons. The summed E-state index contributed by atoms with van der Waals surface area (Å²) in [7, 11) is 0. The van der Waals surface area contributed by atoms with E-state index in [1.165, 1.54) is 0 Å². The first-order chi connectivity index (χ1) is 16.2. The lowest BCUT2D eigenvalue weighted by molar-refractivity contribution is -0.154. The topological polar surface area (TPSA) is 95.9 Å². The number of fused-ring (bicyclic) bond motifs is 1. The number of para-hydroxylation sites is 1. The van der Waals surface area contributed by atoms with Crippen LogP contribution in [0.5, 0.6) is 0 Å². The van der Waals surface area contributed by atoms with Crippen molar-refractivity contribution in [3.05, 3.63) is 29.3 Å². The number of aliphatic hydroxyl groups is 1. The predicted octanol–water partition coefficient (Wildman–Crippen LogP) is 3.59. The predicted molar refractivity (Wildman–Crippen MR) is 133 cm³/mol. The minimum atomic E-state index is -0.836. The fraction of sp³-hybridized carbons (Fsp3) is 0.640. The number of hydrogen-bond donors (Lipinski definition) is 2. The summed E-state index contributed by atoms with van der Waals surface area (Å²) in [6.45, 7) is 7.76. The van der Waals surface area contributed by atoms with Gasteiger partial charge in [0.05, 0.1) is 46.5 Å². The van der Waals surface area contributed by atoms with Gasteiger partial charge in [-0.1, -0.05) is 50.9 Å². The average Bonchev–Trinajstić information content (AvgIpc) is 3.40. The molecule has 0 aliphatic carbocycles. The van der Waals surface area contributed by atoms with Gasteiger partial charge < -0.3 is 20.1 Å². The number of halogens is 1. The maximum absolute atomic E-state index is 14.1. The molecule has 2 N–H and O–H groups in total. The number of hydrogen-bond acceptors (Lipinski definition) is 6. The van der Waals surface area contributed by atoms with Crippen LogP contribution in [0.25, 0.3) is 0 Å². The Hall–Kier alpha value is -1.77. The number of benzene rings is 1. The molecule has 3 aliphatic heterocycles. The molecule has 0 saturated carbocycles. The van der Waals surface area contributed by atoms with E-state index in [1.54, 1.807) is 47.9 Å². The summed E-state index contributed by atoms with van der Waals surface area (Å²) in [5.74, 6) is -2.20. The zero-order valence-electron chi connectivity index (χ0n) is 20.0. The highest BCUT2D eigenvalue weighted by Gasteiger charge is 2.77. The van der Waals surface area contributed by atoms with Gasteiger partial charge in [-0.3, -0.25) is 14.4 Å². The standard InChI is InChI=1S/C25H33ClN2O5S/c1-5-13(3)17(12-29)28-21(22(30)27-16-10-8-7-9-15(16)26)25-14(4)11-18(34-25)19(20(25)23(28)31)24(32)33-6-2/h7-10,13-14,17-21,29H,5-6,11-12H2,1-4H3,(H,27,30)/t13-,14?,17-,18+,19-,20-,21?,25?/m0/s1. The quantitative estimate of drug-likeness (QED) is 0.521. The van der Waals surface area contributed by atoms with Gasteiger partial charge in [0, 0.05) is 5.25 Å². The molecule has 34 heavy (non-hydrogen) atoms. The lowest BCUT2D eigenvalue weighted by atomic mass is 9.66. The summed E-state index contributed by atoms with van der Waals surface area (Å²) < 4.78 is 4.60. The first-order valence-electron chi connectivity index (χ1n) is 12.1. The number of ether oxygens (including phenoxy) is 1. The lowest BCUT2D eigenvalue weighted by Crippen LogP contribution is -2.58. The number of nitrogens with zero attached hydrogens (tertiary/aromatic N) is 1. The maximum atomic E-state index is 14.1. The smallest absolute Gasteiger partial charge is 0.310 e. The number of carbonyl (C=O) groups is 3. The van der Waals surface area contributed by atoms with Crippen LogP contribution in [-0.2, 0) is 19.1 Å². The number of thioether (sulfide) groups is 1. The monoisotopic (exact) mass is 508 g/mol. The van der Waals surface area contributed by atoms with Gasteiger partial charge in [0.2, 0.25) is 11.8 Å². The van der Waals surface area contributed by atoms with Crippen molar-refractivity contribution < 1.29 is 24.2 Å². The molecule has 2 amide bonds. The molecule has 0 radical (unpaired) electrons. The second-order valence-electron chi connectivity index (χ2n) is 9.65. The normalized spacial score (nSPS) is 33.5. The molecule has 9 heteroatoms. The van der Waals surface area contributed by atoms with Crippen molar-refractivity contribution >= 4 is 46.8 Å². The Kier molecular flexibility index (Phi) is 7.23.